The summed E-state index contributed by atoms with van der Waals surface area (Å²) in [4.78, 5) is 29.5. The molecule has 27 heavy (non-hydrogen) atoms. The summed E-state index contributed by atoms with van der Waals surface area (Å²) >= 11 is 5.97. The van der Waals surface area contributed by atoms with E-state index in [-0.39, 0.29) is 22.8 Å². The molecule has 5 nitrogen and oxygen atoms in total. The van der Waals surface area contributed by atoms with E-state index in [1.54, 1.807) is 41.0 Å². The number of hydrogen-bond donors (Lipinski definition) is 1. The fourth-order valence-corrected chi connectivity index (χ4v) is 2.94. The van der Waals surface area contributed by atoms with Gasteiger partial charge in [0.25, 0.3) is 5.56 Å². The molecule has 1 amide bonds. The molecule has 7 heteroatoms. The van der Waals surface area contributed by atoms with Crippen molar-refractivity contribution in [3.63, 3.8) is 0 Å². The minimum absolute atomic E-state index is 0.0383. The van der Waals surface area contributed by atoms with E-state index in [1.807, 2.05) is 13.8 Å². The SMILES string of the molecule is [B]c1c(NC(=O)C=C)ccc2c(=O)n(-c3ccc(Cl)cc3)c(C(C)C)nc12. The number of amides is 1. The molecule has 0 bridgehead atoms. The van der Waals surface area contributed by atoms with Crippen LogP contribution >= 0.6 is 11.6 Å². The predicted molar refractivity (Wildman–Crippen MR) is 111 cm³/mol. The maximum Gasteiger partial charge on any atom is 0.265 e. The lowest BCUT2D eigenvalue weighted by Crippen LogP contribution is -2.28. The predicted octanol–water partition coefficient (Wildman–Crippen LogP) is 3.08. The first-order chi connectivity index (χ1) is 12.8. The molecule has 0 saturated carbocycles. The molecule has 0 fully saturated rings. The monoisotopic (exact) mass is 377 g/mol. The number of rotatable bonds is 4. The zero-order valence-electron chi connectivity index (χ0n) is 15.0. The van der Waals surface area contributed by atoms with E-state index in [2.05, 4.69) is 16.9 Å². The second-order valence-corrected chi connectivity index (χ2v) is 6.79. The number of aromatic nitrogens is 2. The molecule has 0 saturated heterocycles. The number of halogens is 1. The number of benzene rings is 2. The number of nitrogens with one attached hydrogen (secondary N) is 1. The molecule has 0 aliphatic carbocycles. The number of hydrogen-bond acceptors (Lipinski definition) is 3. The second-order valence-electron chi connectivity index (χ2n) is 6.36. The van der Waals surface area contributed by atoms with Crippen molar-refractivity contribution in [1.29, 1.82) is 0 Å². The van der Waals surface area contributed by atoms with Crippen LogP contribution in [0.25, 0.3) is 16.6 Å². The smallest absolute Gasteiger partial charge is 0.265 e. The molecule has 2 radical (unpaired) electrons. The van der Waals surface area contributed by atoms with Crippen molar-refractivity contribution < 1.29 is 4.79 Å². The highest BCUT2D eigenvalue weighted by molar-refractivity contribution is 6.42. The maximum absolute atomic E-state index is 13.2. The van der Waals surface area contributed by atoms with Crippen LogP contribution in [0.15, 0.2) is 53.8 Å². The van der Waals surface area contributed by atoms with Gasteiger partial charge in [-0.05, 0) is 47.9 Å². The molecule has 0 aliphatic heterocycles. The van der Waals surface area contributed by atoms with Gasteiger partial charge in [-0.2, -0.15) is 0 Å². The van der Waals surface area contributed by atoms with Crippen molar-refractivity contribution in [3.05, 3.63) is 70.3 Å². The zero-order chi connectivity index (χ0) is 19.7. The van der Waals surface area contributed by atoms with E-state index < -0.39 is 0 Å². The van der Waals surface area contributed by atoms with Crippen molar-refractivity contribution >= 4 is 47.4 Å². The highest BCUT2D eigenvalue weighted by atomic mass is 35.5. The summed E-state index contributed by atoms with van der Waals surface area (Å²) in [6.07, 6.45) is 1.15. The zero-order valence-corrected chi connectivity index (χ0v) is 15.7. The first-order valence-corrected chi connectivity index (χ1v) is 8.75. The summed E-state index contributed by atoms with van der Waals surface area (Å²) in [5.41, 5.74) is 1.42. The Kier molecular flexibility index (Phi) is 5.19. The van der Waals surface area contributed by atoms with E-state index in [1.165, 1.54) is 0 Å². The normalized spacial score (nSPS) is 11.0. The number of carbonyl (C=O) groups is 1. The Morgan fingerprint density at radius 2 is 1.93 bits per heavy atom. The van der Waals surface area contributed by atoms with Gasteiger partial charge in [0.15, 0.2) is 0 Å². The van der Waals surface area contributed by atoms with Crippen LogP contribution in [0.3, 0.4) is 0 Å². The topological polar surface area (TPSA) is 64.0 Å². The van der Waals surface area contributed by atoms with Crippen LogP contribution in [-0.4, -0.2) is 23.3 Å². The Balaban J connectivity index is 2.31. The molecule has 0 atom stereocenters. The lowest BCUT2D eigenvalue weighted by atomic mass is 9.91. The largest absolute Gasteiger partial charge is 0.323 e. The van der Waals surface area contributed by atoms with Gasteiger partial charge in [-0.15, -0.1) is 0 Å². The highest BCUT2D eigenvalue weighted by Crippen LogP contribution is 2.21. The van der Waals surface area contributed by atoms with Crippen LogP contribution in [0.5, 0.6) is 0 Å². The van der Waals surface area contributed by atoms with E-state index >= 15 is 0 Å². The second kappa shape index (κ2) is 7.41. The molecule has 0 spiro atoms. The molecular formula is C20H17BClN3O2. The van der Waals surface area contributed by atoms with Gasteiger partial charge in [-0.3, -0.25) is 14.2 Å². The van der Waals surface area contributed by atoms with E-state index in [0.29, 0.717) is 33.1 Å². The maximum atomic E-state index is 13.2. The molecule has 0 unspecified atom stereocenters. The summed E-state index contributed by atoms with van der Waals surface area (Å²) in [6.45, 7) is 7.31. The molecule has 1 heterocycles. The van der Waals surface area contributed by atoms with Crippen molar-refractivity contribution in [2.75, 3.05) is 5.32 Å². The van der Waals surface area contributed by atoms with Crippen LogP contribution in [0.4, 0.5) is 5.69 Å². The molecule has 3 rings (SSSR count). The van der Waals surface area contributed by atoms with Gasteiger partial charge in [0, 0.05) is 16.6 Å². The Bertz CT molecular complexity index is 1100. The van der Waals surface area contributed by atoms with Crippen LogP contribution in [0.1, 0.15) is 25.6 Å². The Hall–Kier alpha value is -2.86. The summed E-state index contributed by atoms with van der Waals surface area (Å²) < 4.78 is 1.56. The van der Waals surface area contributed by atoms with Crippen molar-refractivity contribution in [2.24, 2.45) is 0 Å². The fraction of sp³-hybridized carbons (Fsp3) is 0.150. The van der Waals surface area contributed by atoms with Crippen molar-refractivity contribution in [1.82, 2.24) is 9.55 Å². The number of nitrogens with zero attached hydrogens (tertiary/aromatic N) is 2. The third-order valence-corrected chi connectivity index (χ3v) is 4.40. The van der Waals surface area contributed by atoms with E-state index in [0.717, 1.165) is 6.08 Å². The number of carbonyl (C=O) groups excluding carboxylic acids is 1. The minimum atomic E-state index is -0.389. The van der Waals surface area contributed by atoms with Gasteiger partial charge < -0.3 is 5.32 Å². The standard InChI is InChI=1S/C20H17BClN3O2/c1-4-16(26)23-15-10-9-14-18(17(15)21)24-19(11(2)3)25(20(14)27)13-7-5-12(22)6-8-13/h4-11H,1H2,2-3H3,(H,23,26). The van der Waals surface area contributed by atoms with Gasteiger partial charge in [0.1, 0.15) is 13.7 Å². The number of anilines is 1. The summed E-state index contributed by atoms with van der Waals surface area (Å²) in [6, 6.07) is 10.2. The van der Waals surface area contributed by atoms with E-state index in [9.17, 15) is 9.59 Å². The lowest BCUT2D eigenvalue weighted by molar-refractivity contribution is -0.111. The highest BCUT2D eigenvalue weighted by Gasteiger charge is 2.17. The van der Waals surface area contributed by atoms with Gasteiger partial charge in [0.05, 0.1) is 16.6 Å². The fourth-order valence-electron chi connectivity index (χ4n) is 2.81. The van der Waals surface area contributed by atoms with Crippen LogP contribution in [0.2, 0.25) is 5.02 Å². The average Bonchev–Trinajstić information content (AvgIpc) is 2.64. The Morgan fingerprint density at radius 1 is 1.26 bits per heavy atom. The molecule has 2 aromatic carbocycles. The molecular weight excluding hydrogens is 361 g/mol. The van der Waals surface area contributed by atoms with Crippen molar-refractivity contribution in [3.8, 4) is 5.69 Å². The molecule has 3 aromatic rings. The van der Waals surface area contributed by atoms with Crippen LogP contribution in [0, 0.1) is 0 Å². The first-order valence-electron chi connectivity index (χ1n) is 8.38. The van der Waals surface area contributed by atoms with Gasteiger partial charge in [0.2, 0.25) is 5.91 Å². The quantitative estimate of drug-likeness (QED) is 0.561. The third kappa shape index (κ3) is 3.53. The van der Waals surface area contributed by atoms with E-state index in [4.69, 9.17) is 19.4 Å². The van der Waals surface area contributed by atoms with Crippen LogP contribution < -0.4 is 16.3 Å². The minimum Gasteiger partial charge on any atom is -0.323 e. The van der Waals surface area contributed by atoms with Crippen LogP contribution in [-0.2, 0) is 4.79 Å². The third-order valence-electron chi connectivity index (χ3n) is 4.15. The average molecular weight is 378 g/mol. The van der Waals surface area contributed by atoms with Gasteiger partial charge in [-0.1, -0.05) is 32.0 Å². The molecule has 1 N–H and O–H groups in total. The van der Waals surface area contributed by atoms with Gasteiger partial charge >= 0.3 is 0 Å². The van der Waals surface area contributed by atoms with Crippen molar-refractivity contribution in [2.45, 2.75) is 19.8 Å². The molecule has 134 valence electrons. The molecule has 0 aliphatic rings. The number of fused-ring (bicyclic) bond motifs is 1. The lowest BCUT2D eigenvalue weighted by Gasteiger charge is -2.18. The summed E-state index contributed by atoms with van der Waals surface area (Å²) in [7, 11) is 6.19. The summed E-state index contributed by atoms with van der Waals surface area (Å²) in [5.74, 6) is 0.136. The molecule has 1 aromatic heterocycles. The summed E-state index contributed by atoms with van der Waals surface area (Å²) in [5, 5.41) is 3.57. The Labute approximate surface area is 163 Å². The first kappa shape index (κ1) is 18.9. The Morgan fingerprint density at radius 3 is 2.52 bits per heavy atom. The van der Waals surface area contributed by atoms with Gasteiger partial charge in [-0.25, -0.2) is 4.98 Å².